The minimum absolute atomic E-state index is 0.0679. The Hall–Kier alpha value is -2.34. The van der Waals surface area contributed by atoms with Crippen molar-refractivity contribution in [3.05, 3.63) is 59.7 Å². The summed E-state index contributed by atoms with van der Waals surface area (Å²) in [6, 6.07) is 13.9. The second kappa shape index (κ2) is 7.00. The maximum absolute atomic E-state index is 13.1. The first-order chi connectivity index (χ1) is 13.0. The summed E-state index contributed by atoms with van der Waals surface area (Å²) in [4.78, 5) is 12.8. The lowest BCUT2D eigenvalue weighted by Gasteiger charge is -2.24. The molecule has 2 aromatic carbocycles. The molecule has 1 atom stereocenters. The van der Waals surface area contributed by atoms with Gasteiger partial charge < -0.3 is 5.32 Å². The van der Waals surface area contributed by atoms with Crippen LogP contribution in [0, 0.1) is 0 Å². The van der Waals surface area contributed by atoms with E-state index in [1.54, 1.807) is 42.5 Å². The Kier molecular flexibility index (Phi) is 4.68. The molecule has 4 rings (SSSR count). The predicted octanol–water partition coefficient (Wildman–Crippen LogP) is 3.50. The number of nitrogens with one attached hydrogen (secondary N) is 1. The quantitative estimate of drug-likeness (QED) is 0.877. The van der Waals surface area contributed by atoms with Crippen LogP contribution in [0.3, 0.4) is 0 Å². The minimum Gasteiger partial charge on any atom is -0.349 e. The number of carbonyl (C=O) groups excluding carboxylic acids is 1. The Labute approximate surface area is 160 Å². The zero-order valence-electron chi connectivity index (χ0n) is 15.4. The Morgan fingerprint density at radius 2 is 1.78 bits per heavy atom. The highest BCUT2D eigenvalue weighted by Crippen LogP contribution is 2.37. The number of rotatable bonds is 4. The van der Waals surface area contributed by atoms with E-state index in [4.69, 9.17) is 0 Å². The number of sulfonamides is 1. The molecule has 1 saturated carbocycles. The molecule has 0 aromatic heterocycles. The highest BCUT2D eigenvalue weighted by atomic mass is 32.2. The van der Waals surface area contributed by atoms with Gasteiger partial charge >= 0.3 is 0 Å². The van der Waals surface area contributed by atoms with E-state index in [-0.39, 0.29) is 22.9 Å². The molecule has 1 N–H and O–H groups in total. The van der Waals surface area contributed by atoms with E-state index in [0.29, 0.717) is 17.7 Å². The van der Waals surface area contributed by atoms with Crippen molar-refractivity contribution in [3.63, 3.8) is 0 Å². The van der Waals surface area contributed by atoms with E-state index in [9.17, 15) is 13.2 Å². The smallest absolute Gasteiger partial charge is 0.264 e. The molecule has 27 heavy (non-hydrogen) atoms. The number of amides is 1. The summed E-state index contributed by atoms with van der Waals surface area (Å²) in [5, 5.41) is 3.09. The highest BCUT2D eigenvalue weighted by molar-refractivity contribution is 7.92. The van der Waals surface area contributed by atoms with Gasteiger partial charge in [-0.2, -0.15) is 0 Å². The first-order valence-corrected chi connectivity index (χ1v) is 10.9. The van der Waals surface area contributed by atoms with Crippen LogP contribution in [0.15, 0.2) is 53.4 Å². The average Bonchev–Trinajstić information content (AvgIpc) is 3.28. The fraction of sp³-hybridized carbons (Fsp3) is 0.381. The molecule has 1 aliphatic heterocycles. The third kappa shape index (κ3) is 3.34. The Morgan fingerprint density at radius 1 is 1.07 bits per heavy atom. The number of anilines is 1. The summed E-state index contributed by atoms with van der Waals surface area (Å²) in [5.41, 5.74) is 2.18. The van der Waals surface area contributed by atoms with Crippen molar-refractivity contribution < 1.29 is 13.2 Å². The molecule has 0 unspecified atom stereocenters. The second-order valence-corrected chi connectivity index (χ2v) is 9.28. The second-order valence-electron chi connectivity index (χ2n) is 7.47. The summed E-state index contributed by atoms with van der Waals surface area (Å²) >= 11 is 0. The van der Waals surface area contributed by atoms with E-state index in [1.165, 1.54) is 17.1 Å². The van der Waals surface area contributed by atoms with Gasteiger partial charge in [-0.25, -0.2) is 8.42 Å². The first kappa shape index (κ1) is 18.0. The molecule has 0 spiro atoms. The SMILES string of the molecule is C[C@H]1Cc2cc(C(=O)NC3CCCC3)ccc2N1S(=O)(=O)c1ccccc1. The monoisotopic (exact) mass is 384 g/mol. The molecule has 1 aliphatic carbocycles. The van der Waals surface area contributed by atoms with Gasteiger partial charge in [0.2, 0.25) is 0 Å². The van der Waals surface area contributed by atoms with Crippen LogP contribution in [-0.4, -0.2) is 26.4 Å². The van der Waals surface area contributed by atoms with E-state index in [0.717, 1.165) is 18.4 Å². The van der Waals surface area contributed by atoms with Crippen molar-refractivity contribution in [2.45, 2.75) is 56.0 Å². The standard InChI is InChI=1S/C21H24N2O3S/c1-15-13-17-14-16(21(24)22-18-7-5-6-8-18)11-12-20(17)23(15)27(25,26)19-9-3-2-4-10-19/h2-4,9-12,14-15,18H,5-8,13H2,1H3,(H,22,24)/t15-/m0/s1. The number of fused-ring (bicyclic) bond motifs is 1. The normalized spacial score (nSPS) is 19.9. The molecular weight excluding hydrogens is 360 g/mol. The van der Waals surface area contributed by atoms with Gasteiger partial charge in [-0.15, -0.1) is 0 Å². The number of hydrogen-bond acceptors (Lipinski definition) is 3. The summed E-state index contributed by atoms with van der Waals surface area (Å²) < 4.78 is 27.7. The zero-order chi connectivity index (χ0) is 19.0. The molecule has 0 radical (unpaired) electrons. The fourth-order valence-corrected chi connectivity index (χ4v) is 5.87. The molecule has 1 heterocycles. The summed E-state index contributed by atoms with van der Waals surface area (Å²) in [7, 11) is -3.62. The molecule has 0 bridgehead atoms. The minimum atomic E-state index is -3.62. The number of hydrogen-bond donors (Lipinski definition) is 1. The van der Waals surface area contributed by atoms with Crippen LogP contribution < -0.4 is 9.62 Å². The van der Waals surface area contributed by atoms with Crippen LogP contribution in [0.2, 0.25) is 0 Å². The van der Waals surface area contributed by atoms with Crippen molar-refractivity contribution in [2.75, 3.05) is 4.31 Å². The van der Waals surface area contributed by atoms with E-state index in [2.05, 4.69) is 5.32 Å². The van der Waals surface area contributed by atoms with Crippen LogP contribution in [0.5, 0.6) is 0 Å². The van der Waals surface area contributed by atoms with Gasteiger partial charge in [-0.3, -0.25) is 9.10 Å². The first-order valence-electron chi connectivity index (χ1n) is 9.50. The topological polar surface area (TPSA) is 66.5 Å². The third-order valence-corrected chi connectivity index (χ3v) is 7.43. The Morgan fingerprint density at radius 3 is 2.48 bits per heavy atom. The predicted molar refractivity (Wildman–Crippen MR) is 105 cm³/mol. The van der Waals surface area contributed by atoms with Crippen LogP contribution in [0.4, 0.5) is 5.69 Å². The lowest BCUT2D eigenvalue weighted by molar-refractivity contribution is 0.0938. The fourth-order valence-electron chi connectivity index (χ4n) is 4.16. The Bertz CT molecular complexity index is 951. The highest BCUT2D eigenvalue weighted by Gasteiger charge is 2.36. The van der Waals surface area contributed by atoms with Crippen LogP contribution in [-0.2, 0) is 16.4 Å². The van der Waals surface area contributed by atoms with Gasteiger partial charge in [-0.1, -0.05) is 31.0 Å². The zero-order valence-corrected chi connectivity index (χ0v) is 16.2. The Balaban J connectivity index is 1.62. The van der Waals surface area contributed by atoms with Crippen molar-refractivity contribution in [1.29, 1.82) is 0 Å². The number of carbonyl (C=O) groups is 1. The lowest BCUT2D eigenvalue weighted by Crippen LogP contribution is -2.35. The van der Waals surface area contributed by atoms with Crippen LogP contribution >= 0.6 is 0 Å². The average molecular weight is 385 g/mol. The molecule has 6 heteroatoms. The lowest BCUT2D eigenvalue weighted by atomic mass is 10.1. The van der Waals surface area contributed by atoms with Crippen molar-refractivity contribution in [1.82, 2.24) is 5.32 Å². The molecule has 2 aliphatic rings. The summed E-state index contributed by atoms with van der Waals surface area (Å²) in [6.07, 6.45) is 5.01. The number of nitrogens with zero attached hydrogens (tertiary/aromatic N) is 1. The van der Waals surface area contributed by atoms with Gasteiger partial charge in [0, 0.05) is 17.6 Å². The van der Waals surface area contributed by atoms with Crippen LogP contribution in [0.25, 0.3) is 0 Å². The van der Waals surface area contributed by atoms with Gasteiger partial charge in [0.25, 0.3) is 15.9 Å². The molecule has 0 saturated heterocycles. The van der Waals surface area contributed by atoms with Crippen molar-refractivity contribution in [2.24, 2.45) is 0 Å². The molecule has 1 amide bonds. The molecule has 142 valence electrons. The molecule has 2 aromatic rings. The van der Waals surface area contributed by atoms with Gasteiger partial charge in [0.15, 0.2) is 0 Å². The maximum atomic E-state index is 13.1. The van der Waals surface area contributed by atoms with Gasteiger partial charge in [-0.05, 0) is 62.1 Å². The van der Waals surface area contributed by atoms with Crippen molar-refractivity contribution >= 4 is 21.6 Å². The molecule has 5 nitrogen and oxygen atoms in total. The summed E-state index contributed by atoms with van der Waals surface area (Å²) in [6.45, 7) is 1.90. The third-order valence-electron chi connectivity index (χ3n) is 5.49. The van der Waals surface area contributed by atoms with Crippen LogP contribution in [0.1, 0.15) is 48.5 Å². The maximum Gasteiger partial charge on any atom is 0.264 e. The number of benzene rings is 2. The van der Waals surface area contributed by atoms with E-state index >= 15 is 0 Å². The molecule has 1 fully saturated rings. The van der Waals surface area contributed by atoms with E-state index in [1.807, 2.05) is 13.0 Å². The van der Waals surface area contributed by atoms with Crippen molar-refractivity contribution in [3.8, 4) is 0 Å². The largest absolute Gasteiger partial charge is 0.349 e. The summed E-state index contributed by atoms with van der Waals surface area (Å²) in [5.74, 6) is -0.0679. The molecular formula is C21H24N2O3S. The van der Waals surface area contributed by atoms with Gasteiger partial charge in [0.1, 0.15) is 0 Å². The van der Waals surface area contributed by atoms with Gasteiger partial charge in [0.05, 0.1) is 10.6 Å². The van der Waals surface area contributed by atoms with E-state index < -0.39 is 10.0 Å².